The van der Waals surface area contributed by atoms with Crippen LogP contribution in [0, 0.1) is 0 Å². The third-order valence-electron chi connectivity index (χ3n) is 2.41. The second-order valence-electron chi connectivity index (χ2n) is 3.32. The lowest BCUT2D eigenvalue weighted by Gasteiger charge is -2.10. The zero-order chi connectivity index (χ0) is 9.26. The third-order valence-corrected chi connectivity index (χ3v) is 2.72. The van der Waals surface area contributed by atoms with Crippen LogP contribution in [-0.2, 0) is 0 Å². The number of halogens is 1. The summed E-state index contributed by atoms with van der Waals surface area (Å²) in [5.41, 5.74) is 6.73. The van der Waals surface area contributed by atoms with Gasteiger partial charge in [0, 0.05) is 12.7 Å². The molecule has 0 saturated carbocycles. The van der Waals surface area contributed by atoms with Gasteiger partial charge in [-0.25, -0.2) is 4.98 Å². The Morgan fingerprint density at radius 3 is 3.15 bits per heavy atom. The molecule has 0 aromatic carbocycles. The van der Waals surface area contributed by atoms with Crippen molar-refractivity contribution in [3.63, 3.8) is 0 Å². The largest absolute Gasteiger partial charge is 0.384 e. The predicted molar refractivity (Wildman–Crippen MR) is 53.9 cm³/mol. The number of hydrogen-bond donors (Lipinski definition) is 2. The molecule has 1 aliphatic heterocycles. The number of hydrogen-bond acceptors (Lipinski definition) is 3. The van der Waals surface area contributed by atoms with Gasteiger partial charge in [0.15, 0.2) is 0 Å². The van der Waals surface area contributed by atoms with Gasteiger partial charge in [-0.2, -0.15) is 0 Å². The molecule has 1 atom stereocenters. The number of nitrogens with two attached hydrogens (primary N) is 1. The fourth-order valence-corrected chi connectivity index (χ4v) is 1.96. The highest BCUT2D eigenvalue weighted by molar-refractivity contribution is 6.31. The Morgan fingerprint density at radius 2 is 2.46 bits per heavy atom. The Bertz CT molecular complexity index is 308. The second-order valence-corrected chi connectivity index (χ2v) is 3.73. The summed E-state index contributed by atoms with van der Waals surface area (Å²) < 4.78 is 0. The van der Waals surface area contributed by atoms with Crippen LogP contribution in [0.2, 0.25) is 5.02 Å². The molecule has 2 rings (SSSR count). The highest BCUT2D eigenvalue weighted by Gasteiger charge is 2.19. The first-order chi connectivity index (χ1) is 6.27. The van der Waals surface area contributed by atoms with Crippen LogP contribution in [0.3, 0.4) is 0 Å². The van der Waals surface area contributed by atoms with Crippen molar-refractivity contribution >= 4 is 17.4 Å². The lowest BCUT2D eigenvalue weighted by atomic mass is 9.99. The molecule has 0 aliphatic carbocycles. The van der Waals surface area contributed by atoms with E-state index < -0.39 is 0 Å². The van der Waals surface area contributed by atoms with Crippen molar-refractivity contribution in [3.8, 4) is 0 Å². The molecule has 0 spiro atoms. The lowest BCUT2D eigenvalue weighted by molar-refractivity contribution is 0.762. The van der Waals surface area contributed by atoms with Gasteiger partial charge in [-0.3, -0.25) is 0 Å². The van der Waals surface area contributed by atoms with Gasteiger partial charge in [-0.05, 0) is 30.5 Å². The molecule has 1 saturated heterocycles. The van der Waals surface area contributed by atoms with E-state index in [0.717, 1.165) is 30.1 Å². The van der Waals surface area contributed by atoms with Crippen LogP contribution in [0.5, 0.6) is 0 Å². The van der Waals surface area contributed by atoms with E-state index in [-0.39, 0.29) is 0 Å². The smallest absolute Gasteiger partial charge is 0.123 e. The molecule has 1 aromatic heterocycles. The van der Waals surface area contributed by atoms with Crippen molar-refractivity contribution in [2.24, 2.45) is 0 Å². The molecule has 1 unspecified atom stereocenters. The van der Waals surface area contributed by atoms with Crippen LogP contribution in [-0.4, -0.2) is 18.1 Å². The second kappa shape index (κ2) is 3.52. The Morgan fingerprint density at radius 1 is 1.62 bits per heavy atom. The maximum absolute atomic E-state index is 6.03. The minimum atomic E-state index is 0.498. The van der Waals surface area contributed by atoms with Crippen molar-refractivity contribution in [1.82, 2.24) is 10.3 Å². The molecule has 0 radical (unpaired) electrons. The monoisotopic (exact) mass is 197 g/mol. The number of rotatable bonds is 1. The number of aromatic nitrogens is 1. The molecule has 13 heavy (non-hydrogen) atoms. The average Bonchev–Trinajstić information content (AvgIpc) is 2.61. The van der Waals surface area contributed by atoms with Gasteiger partial charge < -0.3 is 11.1 Å². The van der Waals surface area contributed by atoms with Crippen LogP contribution in [0.25, 0.3) is 0 Å². The van der Waals surface area contributed by atoms with E-state index in [4.69, 9.17) is 17.3 Å². The first kappa shape index (κ1) is 8.78. The van der Waals surface area contributed by atoms with Crippen LogP contribution in [0.4, 0.5) is 5.82 Å². The highest BCUT2D eigenvalue weighted by atomic mass is 35.5. The van der Waals surface area contributed by atoms with Gasteiger partial charge in [-0.1, -0.05) is 11.6 Å². The normalized spacial score (nSPS) is 22.1. The van der Waals surface area contributed by atoms with Crippen molar-refractivity contribution in [2.45, 2.75) is 12.3 Å². The number of nitrogens with zero attached hydrogens (tertiary/aromatic N) is 1. The Balaban J connectivity index is 2.32. The van der Waals surface area contributed by atoms with E-state index in [1.807, 2.05) is 6.07 Å². The maximum atomic E-state index is 6.03. The van der Waals surface area contributed by atoms with Gasteiger partial charge in [0.2, 0.25) is 0 Å². The Labute approximate surface area is 82.3 Å². The summed E-state index contributed by atoms with van der Waals surface area (Å²) in [5.74, 6) is 1.05. The van der Waals surface area contributed by atoms with E-state index in [9.17, 15) is 0 Å². The molecular weight excluding hydrogens is 186 g/mol. The van der Waals surface area contributed by atoms with Crippen molar-refractivity contribution in [1.29, 1.82) is 0 Å². The minimum Gasteiger partial charge on any atom is -0.384 e. The third kappa shape index (κ3) is 1.76. The number of anilines is 1. The first-order valence-electron chi connectivity index (χ1n) is 4.39. The first-order valence-corrected chi connectivity index (χ1v) is 4.77. The van der Waals surface area contributed by atoms with E-state index in [1.54, 1.807) is 6.20 Å². The number of nitrogens with one attached hydrogen (secondary N) is 1. The lowest BCUT2D eigenvalue weighted by Crippen LogP contribution is -2.08. The molecule has 1 aromatic rings. The van der Waals surface area contributed by atoms with Gasteiger partial charge in [0.1, 0.15) is 5.82 Å². The fraction of sp³-hybridized carbons (Fsp3) is 0.444. The molecule has 0 amide bonds. The number of pyridine rings is 1. The summed E-state index contributed by atoms with van der Waals surface area (Å²) in [7, 11) is 0. The van der Waals surface area contributed by atoms with E-state index in [2.05, 4.69) is 10.3 Å². The molecule has 3 nitrogen and oxygen atoms in total. The standard InChI is InChI=1S/C9H12ClN3/c10-8-5-13-9(11)3-7(8)6-1-2-12-4-6/h3,5-6,12H,1-2,4H2,(H2,11,13). The van der Waals surface area contributed by atoms with Crippen LogP contribution in [0.15, 0.2) is 12.3 Å². The van der Waals surface area contributed by atoms with Gasteiger partial charge >= 0.3 is 0 Å². The Kier molecular flexibility index (Phi) is 2.38. The molecule has 1 fully saturated rings. The highest BCUT2D eigenvalue weighted by Crippen LogP contribution is 2.29. The van der Waals surface area contributed by atoms with Crippen LogP contribution >= 0.6 is 11.6 Å². The molecule has 2 heterocycles. The molecule has 3 N–H and O–H groups in total. The topological polar surface area (TPSA) is 50.9 Å². The van der Waals surface area contributed by atoms with Crippen molar-refractivity contribution in [3.05, 3.63) is 22.8 Å². The predicted octanol–water partition coefficient (Wildman–Crippen LogP) is 1.39. The average molecular weight is 198 g/mol. The Hall–Kier alpha value is -0.800. The van der Waals surface area contributed by atoms with Gasteiger partial charge in [0.05, 0.1) is 5.02 Å². The fourth-order valence-electron chi connectivity index (χ4n) is 1.70. The van der Waals surface area contributed by atoms with E-state index in [0.29, 0.717) is 11.7 Å². The SMILES string of the molecule is Nc1cc(C2CCNC2)c(Cl)cn1. The maximum Gasteiger partial charge on any atom is 0.123 e. The molecular formula is C9H12ClN3. The molecule has 4 heteroatoms. The van der Waals surface area contributed by atoms with Gasteiger partial charge in [0.25, 0.3) is 0 Å². The zero-order valence-corrected chi connectivity index (χ0v) is 8.01. The minimum absolute atomic E-state index is 0.498. The van der Waals surface area contributed by atoms with Gasteiger partial charge in [-0.15, -0.1) is 0 Å². The summed E-state index contributed by atoms with van der Waals surface area (Å²) in [6, 6.07) is 1.88. The van der Waals surface area contributed by atoms with E-state index >= 15 is 0 Å². The summed E-state index contributed by atoms with van der Waals surface area (Å²) in [6.07, 6.45) is 2.76. The summed E-state index contributed by atoms with van der Waals surface area (Å²) in [6.45, 7) is 2.05. The molecule has 1 aliphatic rings. The number of nitrogen functional groups attached to an aromatic ring is 1. The van der Waals surface area contributed by atoms with Crippen LogP contribution < -0.4 is 11.1 Å². The summed E-state index contributed by atoms with van der Waals surface area (Å²) >= 11 is 6.03. The molecule has 0 bridgehead atoms. The zero-order valence-electron chi connectivity index (χ0n) is 7.26. The quantitative estimate of drug-likeness (QED) is 0.716. The summed E-state index contributed by atoms with van der Waals surface area (Å²) in [5, 5.41) is 4.02. The summed E-state index contributed by atoms with van der Waals surface area (Å²) in [4.78, 5) is 3.94. The molecule has 70 valence electrons. The van der Waals surface area contributed by atoms with Crippen LogP contribution in [0.1, 0.15) is 17.9 Å². The van der Waals surface area contributed by atoms with E-state index in [1.165, 1.54) is 0 Å². The van der Waals surface area contributed by atoms with Crippen molar-refractivity contribution in [2.75, 3.05) is 18.8 Å². The van der Waals surface area contributed by atoms with Crippen molar-refractivity contribution < 1.29 is 0 Å².